The summed E-state index contributed by atoms with van der Waals surface area (Å²) in [6.45, 7) is 2.01. The number of aromatic nitrogens is 2. The van der Waals surface area contributed by atoms with Crippen molar-refractivity contribution in [2.75, 3.05) is 11.9 Å². The second-order valence-electron chi connectivity index (χ2n) is 3.12. The molecule has 0 spiro atoms. The van der Waals surface area contributed by atoms with E-state index in [4.69, 9.17) is 0 Å². The molecule has 4 heteroatoms. The molecule has 3 nitrogen and oxygen atoms in total. The van der Waals surface area contributed by atoms with Gasteiger partial charge in [0, 0.05) is 35.4 Å². The Hall–Kier alpha value is -0.900. The van der Waals surface area contributed by atoms with Gasteiger partial charge in [-0.25, -0.2) is 9.97 Å². The van der Waals surface area contributed by atoms with E-state index in [-0.39, 0.29) is 0 Å². The van der Waals surface area contributed by atoms with Crippen LogP contribution in [0.15, 0.2) is 17.0 Å². The zero-order chi connectivity index (χ0) is 9.42. The van der Waals surface area contributed by atoms with Crippen LogP contribution in [0.2, 0.25) is 0 Å². The Bertz CT molecular complexity index is 373. The molecule has 0 aromatic carbocycles. The summed E-state index contributed by atoms with van der Waals surface area (Å²) in [4.78, 5) is 10.4. The first-order valence-corrected chi connectivity index (χ1v) is 4.87. The van der Waals surface area contributed by atoms with E-state index in [1.807, 2.05) is 25.1 Å². The van der Waals surface area contributed by atoms with Gasteiger partial charge in [0.25, 0.3) is 0 Å². The van der Waals surface area contributed by atoms with E-state index >= 15 is 0 Å². The average molecular weight is 240 g/mol. The summed E-state index contributed by atoms with van der Waals surface area (Å²) in [5, 5.41) is 0. The first-order valence-electron chi connectivity index (χ1n) is 4.08. The molecule has 13 heavy (non-hydrogen) atoms. The molecule has 0 aliphatic carbocycles. The highest BCUT2D eigenvalue weighted by molar-refractivity contribution is 9.11. The second-order valence-corrected chi connectivity index (χ2v) is 4.14. The molecule has 0 atom stereocenters. The Labute approximate surface area is 85.6 Å². The molecule has 0 saturated heterocycles. The number of allylic oxidation sites excluding steroid dienone is 1. The first-order chi connectivity index (χ1) is 6.18. The molecule has 2 rings (SSSR count). The van der Waals surface area contributed by atoms with Crippen molar-refractivity contribution >= 4 is 21.7 Å². The number of anilines is 1. The summed E-state index contributed by atoms with van der Waals surface area (Å²) in [5.41, 5.74) is 2.27. The fourth-order valence-electron chi connectivity index (χ4n) is 1.48. The van der Waals surface area contributed by atoms with Crippen molar-refractivity contribution in [3.05, 3.63) is 28.3 Å². The molecule has 0 amide bonds. The largest absolute Gasteiger partial charge is 0.335 e. The van der Waals surface area contributed by atoms with Gasteiger partial charge >= 0.3 is 0 Å². The monoisotopic (exact) mass is 239 g/mol. The third-order valence-corrected chi connectivity index (χ3v) is 2.64. The van der Waals surface area contributed by atoms with Gasteiger partial charge in [-0.15, -0.1) is 0 Å². The smallest absolute Gasteiger partial charge is 0.139 e. The Balaban J connectivity index is 2.55. The first kappa shape index (κ1) is 8.69. The van der Waals surface area contributed by atoms with Crippen LogP contribution >= 0.6 is 15.9 Å². The van der Waals surface area contributed by atoms with Gasteiger partial charge in [0.05, 0.1) is 0 Å². The number of aryl methyl sites for hydroxylation is 1. The summed E-state index contributed by atoms with van der Waals surface area (Å²) in [7, 11) is 1.99. The Morgan fingerprint density at radius 3 is 3.00 bits per heavy atom. The van der Waals surface area contributed by atoms with Crippen molar-refractivity contribution in [1.29, 1.82) is 0 Å². The van der Waals surface area contributed by atoms with Gasteiger partial charge in [0.15, 0.2) is 0 Å². The fraction of sp³-hybridized carbons (Fsp3) is 0.333. The predicted octanol–water partition coefficient (Wildman–Crippen LogP) is 2.01. The SMILES string of the molecule is Cc1ncnc2c1CC(Br)=CN2C. The van der Waals surface area contributed by atoms with Crippen molar-refractivity contribution in [2.24, 2.45) is 0 Å². The molecule has 1 aromatic rings. The van der Waals surface area contributed by atoms with Crippen molar-refractivity contribution < 1.29 is 0 Å². The summed E-state index contributed by atoms with van der Waals surface area (Å²) in [6.07, 6.45) is 4.54. The molecule has 0 fully saturated rings. The zero-order valence-corrected chi connectivity index (χ0v) is 9.17. The maximum absolute atomic E-state index is 4.24. The van der Waals surface area contributed by atoms with Gasteiger partial charge in [0.1, 0.15) is 12.1 Å². The van der Waals surface area contributed by atoms with E-state index in [2.05, 4.69) is 25.9 Å². The number of fused-ring (bicyclic) bond motifs is 1. The van der Waals surface area contributed by atoms with Gasteiger partial charge < -0.3 is 4.90 Å². The standard InChI is InChI=1S/C9H10BrN3/c1-6-8-3-7(10)4-13(2)9(8)12-5-11-6/h4-5H,3H2,1-2H3. The van der Waals surface area contributed by atoms with Crippen LogP contribution in [0.4, 0.5) is 5.82 Å². The lowest BCUT2D eigenvalue weighted by atomic mass is 10.1. The summed E-state index contributed by atoms with van der Waals surface area (Å²) in [6, 6.07) is 0. The molecule has 68 valence electrons. The van der Waals surface area contributed by atoms with Gasteiger partial charge in [-0.1, -0.05) is 15.9 Å². The molecule has 1 aromatic heterocycles. The van der Waals surface area contributed by atoms with Crippen LogP contribution in [-0.2, 0) is 6.42 Å². The van der Waals surface area contributed by atoms with Gasteiger partial charge in [-0.3, -0.25) is 0 Å². The molecular formula is C9H10BrN3. The topological polar surface area (TPSA) is 29.0 Å². The van der Waals surface area contributed by atoms with Crippen LogP contribution in [0.3, 0.4) is 0 Å². The molecule has 0 saturated carbocycles. The van der Waals surface area contributed by atoms with Gasteiger partial charge in [-0.05, 0) is 6.92 Å². The van der Waals surface area contributed by atoms with E-state index in [1.54, 1.807) is 6.33 Å². The fourth-order valence-corrected chi connectivity index (χ4v) is 2.07. The third-order valence-electron chi connectivity index (χ3n) is 2.15. The maximum Gasteiger partial charge on any atom is 0.139 e. The zero-order valence-electron chi connectivity index (χ0n) is 7.58. The number of halogens is 1. The van der Waals surface area contributed by atoms with E-state index in [0.717, 1.165) is 17.9 Å². The molecule has 0 N–H and O–H groups in total. The molecule has 1 aliphatic rings. The predicted molar refractivity (Wildman–Crippen MR) is 55.9 cm³/mol. The highest BCUT2D eigenvalue weighted by Crippen LogP contribution is 2.29. The van der Waals surface area contributed by atoms with Crippen molar-refractivity contribution in [2.45, 2.75) is 13.3 Å². The average Bonchev–Trinajstić information content (AvgIpc) is 2.07. The molecule has 0 radical (unpaired) electrons. The number of hydrogen-bond donors (Lipinski definition) is 0. The summed E-state index contributed by atoms with van der Waals surface area (Å²) in [5.74, 6) is 1.01. The Morgan fingerprint density at radius 1 is 1.46 bits per heavy atom. The van der Waals surface area contributed by atoms with Crippen molar-refractivity contribution in [3.8, 4) is 0 Å². The number of rotatable bonds is 0. The normalized spacial score (nSPS) is 15.3. The van der Waals surface area contributed by atoms with Gasteiger partial charge in [-0.2, -0.15) is 0 Å². The van der Waals surface area contributed by atoms with Crippen molar-refractivity contribution in [1.82, 2.24) is 9.97 Å². The molecular weight excluding hydrogens is 230 g/mol. The lowest BCUT2D eigenvalue weighted by Crippen LogP contribution is -2.18. The Morgan fingerprint density at radius 2 is 2.23 bits per heavy atom. The minimum Gasteiger partial charge on any atom is -0.335 e. The minimum absolute atomic E-state index is 0.895. The molecule has 2 heterocycles. The van der Waals surface area contributed by atoms with Crippen LogP contribution < -0.4 is 4.90 Å². The van der Waals surface area contributed by atoms with E-state index in [9.17, 15) is 0 Å². The molecule has 0 unspecified atom stereocenters. The minimum atomic E-state index is 0.895. The van der Waals surface area contributed by atoms with E-state index in [1.165, 1.54) is 10.0 Å². The van der Waals surface area contributed by atoms with Crippen LogP contribution in [0.5, 0.6) is 0 Å². The quantitative estimate of drug-likeness (QED) is 0.694. The number of nitrogens with zero attached hydrogens (tertiary/aromatic N) is 3. The second kappa shape index (κ2) is 3.10. The van der Waals surface area contributed by atoms with Gasteiger partial charge in [0.2, 0.25) is 0 Å². The van der Waals surface area contributed by atoms with E-state index < -0.39 is 0 Å². The Kier molecular flexibility index (Phi) is 2.07. The summed E-state index contributed by atoms with van der Waals surface area (Å²) < 4.78 is 1.17. The highest BCUT2D eigenvalue weighted by Gasteiger charge is 2.16. The van der Waals surface area contributed by atoms with Crippen molar-refractivity contribution in [3.63, 3.8) is 0 Å². The number of hydrogen-bond acceptors (Lipinski definition) is 3. The lowest BCUT2D eigenvalue weighted by molar-refractivity contribution is 0.956. The summed E-state index contributed by atoms with van der Waals surface area (Å²) >= 11 is 3.50. The van der Waals surface area contributed by atoms with Crippen LogP contribution in [0.25, 0.3) is 0 Å². The maximum atomic E-state index is 4.24. The van der Waals surface area contributed by atoms with Crippen LogP contribution in [-0.4, -0.2) is 17.0 Å². The van der Waals surface area contributed by atoms with Crippen LogP contribution in [0, 0.1) is 6.92 Å². The van der Waals surface area contributed by atoms with Crippen LogP contribution in [0.1, 0.15) is 11.3 Å². The van der Waals surface area contributed by atoms with E-state index in [0.29, 0.717) is 0 Å². The molecule has 0 bridgehead atoms. The lowest BCUT2D eigenvalue weighted by Gasteiger charge is -2.23. The third kappa shape index (κ3) is 1.46. The molecule has 1 aliphatic heterocycles. The highest BCUT2D eigenvalue weighted by atomic mass is 79.9.